The van der Waals surface area contributed by atoms with Crippen LogP contribution in [0.25, 0.3) is 0 Å². The largest absolute Gasteiger partial charge is 0.465 e. The van der Waals surface area contributed by atoms with Crippen LogP contribution >= 0.6 is 0 Å². The number of rotatable bonds is 3. The lowest BCUT2D eigenvalue weighted by Crippen LogP contribution is -2.10. The van der Waals surface area contributed by atoms with Gasteiger partial charge in [0.25, 0.3) is 0 Å². The van der Waals surface area contributed by atoms with Gasteiger partial charge in [0.2, 0.25) is 0 Å². The van der Waals surface area contributed by atoms with Crippen LogP contribution in [0.3, 0.4) is 0 Å². The predicted octanol–water partition coefficient (Wildman–Crippen LogP) is 1.52. The van der Waals surface area contributed by atoms with Crippen LogP contribution in [0.4, 0.5) is 0 Å². The third-order valence-corrected chi connectivity index (χ3v) is 2.57. The van der Waals surface area contributed by atoms with Crippen LogP contribution in [0.1, 0.15) is 34.7 Å². The first-order chi connectivity index (χ1) is 7.20. The molecule has 1 saturated carbocycles. The molecular formula is C11H14N2O2. The van der Waals surface area contributed by atoms with Crippen molar-refractivity contribution in [3.05, 3.63) is 23.3 Å². The Balaban J connectivity index is 2.29. The molecule has 1 fully saturated rings. The Labute approximate surface area is 88.7 Å². The first kappa shape index (κ1) is 10.1. The van der Waals surface area contributed by atoms with Crippen molar-refractivity contribution in [3.63, 3.8) is 0 Å². The van der Waals surface area contributed by atoms with Crippen LogP contribution < -0.4 is 0 Å². The van der Waals surface area contributed by atoms with Gasteiger partial charge in [0.15, 0.2) is 0 Å². The van der Waals surface area contributed by atoms with E-state index in [0.717, 1.165) is 12.1 Å². The molecule has 1 aromatic rings. The van der Waals surface area contributed by atoms with Gasteiger partial charge in [0, 0.05) is 6.20 Å². The van der Waals surface area contributed by atoms with E-state index in [0.29, 0.717) is 17.3 Å². The first-order valence-electron chi connectivity index (χ1n) is 5.11. The lowest BCUT2D eigenvalue weighted by Gasteiger charge is -2.06. The minimum atomic E-state index is -0.342. The molecule has 80 valence electrons. The van der Waals surface area contributed by atoms with E-state index in [2.05, 4.69) is 9.97 Å². The quantitative estimate of drug-likeness (QED) is 0.704. The Hall–Kier alpha value is -1.45. The molecule has 1 aliphatic carbocycles. The summed E-state index contributed by atoms with van der Waals surface area (Å²) in [5, 5.41) is 0. The molecule has 0 atom stereocenters. The molecule has 0 unspecified atom stereocenters. The highest BCUT2D eigenvalue weighted by Gasteiger charge is 2.25. The van der Waals surface area contributed by atoms with E-state index in [4.69, 9.17) is 4.74 Å². The second-order valence-corrected chi connectivity index (χ2v) is 3.92. The molecule has 0 amide bonds. The number of hydrogen-bond donors (Lipinski definition) is 0. The average Bonchev–Trinajstić information content (AvgIpc) is 3.01. The Morgan fingerprint density at radius 3 is 2.93 bits per heavy atom. The summed E-state index contributed by atoms with van der Waals surface area (Å²) in [5.41, 5.74) is 1.34. The maximum Gasteiger partial charge on any atom is 0.341 e. The number of carbonyl (C=O) groups excluding carboxylic acids is 1. The molecule has 0 spiro atoms. The van der Waals surface area contributed by atoms with Crippen LogP contribution in [0.15, 0.2) is 6.20 Å². The molecule has 4 heteroatoms. The maximum atomic E-state index is 11.4. The second-order valence-electron chi connectivity index (χ2n) is 3.92. The van der Waals surface area contributed by atoms with Gasteiger partial charge in [-0.2, -0.15) is 0 Å². The maximum absolute atomic E-state index is 11.4. The van der Waals surface area contributed by atoms with E-state index in [-0.39, 0.29) is 5.97 Å². The van der Waals surface area contributed by atoms with Crippen molar-refractivity contribution in [1.82, 2.24) is 9.97 Å². The van der Waals surface area contributed by atoms with Crippen molar-refractivity contribution in [2.75, 3.05) is 7.11 Å². The summed E-state index contributed by atoms with van der Waals surface area (Å²) in [6.07, 6.45) is 4.91. The van der Waals surface area contributed by atoms with Gasteiger partial charge >= 0.3 is 5.97 Å². The highest BCUT2D eigenvalue weighted by molar-refractivity contribution is 5.90. The number of aromatic nitrogens is 2. The zero-order valence-corrected chi connectivity index (χ0v) is 8.99. The van der Waals surface area contributed by atoms with E-state index in [9.17, 15) is 4.79 Å². The Kier molecular flexibility index (Phi) is 2.66. The van der Waals surface area contributed by atoms with Gasteiger partial charge in [-0.3, -0.25) is 0 Å². The molecule has 0 saturated heterocycles. The molecular weight excluding hydrogens is 192 g/mol. The third-order valence-electron chi connectivity index (χ3n) is 2.57. The predicted molar refractivity (Wildman–Crippen MR) is 54.5 cm³/mol. The monoisotopic (exact) mass is 206 g/mol. The summed E-state index contributed by atoms with van der Waals surface area (Å²) in [6.45, 7) is 1.83. The van der Waals surface area contributed by atoms with E-state index in [1.165, 1.54) is 20.0 Å². The molecule has 0 aromatic carbocycles. The summed E-state index contributed by atoms with van der Waals surface area (Å²) in [7, 11) is 1.38. The van der Waals surface area contributed by atoms with E-state index in [1.807, 2.05) is 6.92 Å². The number of nitrogens with zero attached hydrogens (tertiary/aromatic N) is 2. The molecule has 0 bridgehead atoms. The lowest BCUT2D eigenvalue weighted by atomic mass is 10.1. The van der Waals surface area contributed by atoms with Crippen LogP contribution in [-0.2, 0) is 11.2 Å². The smallest absolute Gasteiger partial charge is 0.341 e. The molecule has 1 heterocycles. The number of esters is 1. The highest BCUT2D eigenvalue weighted by Crippen LogP contribution is 2.32. The summed E-state index contributed by atoms with van der Waals surface area (Å²) < 4.78 is 4.70. The molecule has 4 nitrogen and oxygen atoms in total. The lowest BCUT2D eigenvalue weighted by molar-refractivity contribution is 0.0598. The van der Waals surface area contributed by atoms with Crippen LogP contribution in [0.2, 0.25) is 0 Å². The van der Waals surface area contributed by atoms with Crippen molar-refractivity contribution < 1.29 is 9.53 Å². The molecule has 1 aliphatic rings. The van der Waals surface area contributed by atoms with Crippen molar-refractivity contribution in [2.24, 2.45) is 5.92 Å². The summed E-state index contributed by atoms with van der Waals surface area (Å²) >= 11 is 0. The molecule has 1 aromatic heterocycles. The number of aryl methyl sites for hydroxylation is 1. The molecule has 2 rings (SSSR count). The van der Waals surface area contributed by atoms with Crippen molar-refractivity contribution >= 4 is 5.97 Å². The normalized spacial score (nSPS) is 15.1. The van der Waals surface area contributed by atoms with Gasteiger partial charge in [-0.05, 0) is 32.1 Å². The van der Waals surface area contributed by atoms with Crippen molar-refractivity contribution in [3.8, 4) is 0 Å². The van der Waals surface area contributed by atoms with Crippen LogP contribution in [0.5, 0.6) is 0 Å². The van der Waals surface area contributed by atoms with Crippen molar-refractivity contribution in [2.45, 2.75) is 26.2 Å². The van der Waals surface area contributed by atoms with E-state index >= 15 is 0 Å². The topological polar surface area (TPSA) is 52.1 Å². The average molecular weight is 206 g/mol. The van der Waals surface area contributed by atoms with Gasteiger partial charge < -0.3 is 4.74 Å². The SMILES string of the molecule is COC(=O)c1cnc(C)nc1CC1CC1. The van der Waals surface area contributed by atoms with Gasteiger partial charge in [-0.25, -0.2) is 14.8 Å². The Morgan fingerprint density at radius 2 is 2.33 bits per heavy atom. The number of carbonyl (C=O) groups is 1. The minimum absolute atomic E-state index is 0.342. The highest BCUT2D eigenvalue weighted by atomic mass is 16.5. The number of ether oxygens (including phenoxy) is 1. The molecule has 0 N–H and O–H groups in total. The van der Waals surface area contributed by atoms with E-state index < -0.39 is 0 Å². The summed E-state index contributed by atoms with van der Waals surface area (Å²) in [4.78, 5) is 19.8. The fourth-order valence-corrected chi connectivity index (χ4v) is 1.55. The zero-order chi connectivity index (χ0) is 10.8. The van der Waals surface area contributed by atoms with E-state index in [1.54, 1.807) is 6.20 Å². The van der Waals surface area contributed by atoms with Gasteiger partial charge in [-0.1, -0.05) is 0 Å². The van der Waals surface area contributed by atoms with Crippen LogP contribution in [0, 0.1) is 12.8 Å². The summed E-state index contributed by atoms with van der Waals surface area (Å²) in [6, 6.07) is 0. The second kappa shape index (κ2) is 3.96. The number of hydrogen-bond acceptors (Lipinski definition) is 4. The fourth-order valence-electron chi connectivity index (χ4n) is 1.55. The first-order valence-corrected chi connectivity index (χ1v) is 5.11. The Morgan fingerprint density at radius 1 is 1.60 bits per heavy atom. The van der Waals surface area contributed by atoms with Gasteiger partial charge in [0.05, 0.1) is 18.4 Å². The minimum Gasteiger partial charge on any atom is -0.465 e. The van der Waals surface area contributed by atoms with Crippen LogP contribution in [-0.4, -0.2) is 23.0 Å². The fraction of sp³-hybridized carbons (Fsp3) is 0.545. The third kappa shape index (κ3) is 2.32. The molecule has 15 heavy (non-hydrogen) atoms. The standard InChI is InChI=1S/C11H14N2O2/c1-7-12-6-9(11(14)15-2)10(13-7)5-8-3-4-8/h6,8H,3-5H2,1-2H3. The van der Waals surface area contributed by atoms with Gasteiger partial charge in [-0.15, -0.1) is 0 Å². The molecule has 0 aliphatic heterocycles. The van der Waals surface area contributed by atoms with Gasteiger partial charge in [0.1, 0.15) is 5.82 Å². The zero-order valence-electron chi connectivity index (χ0n) is 8.99. The summed E-state index contributed by atoms with van der Waals surface area (Å²) in [5.74, 6) is 1.06. The van der Waals surface area contributed by atoms with Crippen molar-refractivity contribution in [1.29, 1.82) is 0 Å². The number of methoxy groups -OCH3 is 1. The Bertz CT molecular complexity index is 386. The molecule has 0 radical (unpaired) electrons.